The van der Waals surface area contributed by atoms with Crippen molar-refractivity contribution in [3.05, 3.63) is 51.1 Å². The van der Waals surface area contributed by atoms with Crippen molar-refractivity contribution in [3.63, 3.8) is 0 Å². The van der Waals surface area contributed by atoms with Gasteiger partial charge in [0.25, 0.3) is 5.56 Å². The van der Waals surface area contributed by atoms with E-state index in [0.717, 1.165) is 24.3 Å². The van der Waals surface area contributed by atoms with Crippen LogP contribution in [0.3, 0.4) is 0 Å². The fraction of sp³-hybridized carbons (Fsp3) is 0.471. The van der Waals surface area contributed by atoms with E-state index >= 15 is 0 Å². The summed E-state index contributed by atoms with van der Waals surface area (Å²) in [6, 6.07) is 7.75. The first kappa shape index (κ1) is 20.7. The summed E-state index contributed by atoms with van der Waals surface area (Å²) in [5.74, 6) is 0.988. The highest BCUT2D eigenvalue weighted by molar-refractivity contribution is 7.04. The third-order valence-corrected chi connectivity index (χ3v) is 3.55. The van der Waals surface area contributed by atoms with Crippen LogP contribution in [-0.4, -0.2) is 16.9 Å². The molecule has 124 valence electrons. The Morgan fingerprint density at radius 2 is 1.86 bits per heavy atom. The number of halogens is 1. The second kappa shape index (κ2) is 12.3. The van der Waals surface area contributed by atoms with Gasteiger partial charge in [-0.25, -0.2) is 0 Å². The van der Waals surface area contributed by atoms with E-state index in [0.29, 0.717) is 6.54 Å². The Balaban J connectivity index is 0.000000661. The lowest BCUT2D eigenvalue weighted by Crippen LogP contribution is -2.12. The van der Waals surface area contributed by atoms with Crippen molar-refractivity contribution >= 4 is 23.1 Å². The second-order valence-corrected chi connectivity index (χ2v) is 4.75. The van der Waals surface area contributed by atoms with Crippen LogP contribution in [0.15, 0.2) is 34.4 Å². The van der Waals surface area contributed by atoms with Crippen LogP contribution < -0.4 is 10.3 Å². The molecule has 0 saturated heterocycles. The quantitative estimate of drug-likeness (QED) is 0.733. The number of hydrogen-bond acceptors (Lipinski definition) is 3. The van der Waals surface area contributed by atoms with Crippen LogP contribution in [-0.2, 0) is 13.0 Å². The summed E-state index contributed by atoms with van der Waals surface area (Å²) in [5.41, 5.74) is 2.48. The summed E-state index contributed by atoms with van der Waals surface area (Å²) in [6.07, 6.45) is 2.45. The lowest BCUT2D eigenvalue weighted by Gasteiger charge is -2.04. The molecule has 1 aliphatic heterocycles. The fourth-order valence-corrected chi connectivity index (χ4v) is 2.63. The Hall–Kier alpha value is -1.26. The molecule has 0 aliphatic carbocycles. The Kier molecular flexibility index (Phi) is 11.6. The molecule has 0 N–H and O–H groups in total. The monoisotopic (exact) mass is 343 g/mol. The van der Waals surface area contributed by atoms with Gasteiger partial charge < -0.3 is 4.74 Å². The summed E-state index contributed by atoms with van der Waals surface area (Å²) in [5, 5.41) is 1.82. The Labute approximate surface area is 142 Å². The van der Waals surface area contributed by atoms with E-state index in [1.165, 1.54) is 23.5 Å². The Morgan fingerprint density at radius 3 is 2.45 bits per heavy atom. The van der Waals surface area contributed by atoms with E-state index in [1.54, 1.807) is 10.0 Å². The van der Waals surface area contributed by atoms with Crippen molar-refractivity contribution < 1.29 is 4.74 Å². The summed E-state index contributed by atoms with van der Waals surface area (Å²) < 4.78 is 7.19. The molecular formula is C17H26ClNO2S. The molecule has 0 atom stereocenters. The zero-order valence-electron chi connectivity index (χ0n) is 14.1. The number of rotatable bonds is 2. The molecule has 22 heavy (non-hydrogen) atoms. The molecule has 0 spiro atoms. The highest BCUT2D eigenvalue weighted by Gasteiger charge is 2.12. The van der Waals surface area contributed by atoms with E-state index < -0.39 is 0 Å². The molecule has 3 nitrogen and oxygen atoms in total. The van der Waals surface area contributed by atoms with Crippen molar-refractivity contribution in [2.45, 2.75) is 40.7 Å². The third-order valence-electron chi connectivity index (χ3n) is 2.72. The SMILES string of the molecule is CC.CC.CCl.O=c1ccsn1Cc1ccc2c(c1)CCO2. The molecule has 3 rings (SSSR count). The zero-order chi connectivity index (χ0) is 17.0. The first-order valence-electron chi connectivity index (χ1n) is 7.60. The van der Waals surface area contributed by atoms with E-state index in [2.05, 4.69) is 17.7 Å². The van der Waals surface area contributed by atoms with Crippen LogP contribution >= 0.6 is 23.1 Å². The van der Waals surface area contributed by atoms with Crippen LogP contribution in [0, 0.1) is 0 Å². The first-order valence-corrected chi connectivity index (χ1v) is 9.19. The zero-order valence-corrected chi connectivity index (χ0v) is 15.6. The van der Waals surface area contributed by atoms with Crippen molar-refractivity contribution in [2.24, 2.45) is 0 Å². The molecule has 1 aliphatic rings. The van der Waals surface area contributed by atoms with Gasteiger partial charge in [-0.05, 0) is 17.2 Å². The Morgan fingerprint density at radius 1 is 1.18 bits per heavy atom. The lowest BCUT2D eigenvalue weighted by molar-refractivity contribution is 0.357. The van der Waals surface area contributed by atoms with E-state index in [4.69, 9.17) is 4.74 Å². The third kappa shape index (κ3) is 5.85. The van der Waals surface area contributed by atoms with E-state index in [1.807, 2.05) is 45.2 Å². The predicted octanol–water partition coefficient (Wildman–Crippen LogP) is 4.80. The topological polar surface area (TPSA) is 31.2 Å². The summed E-state index contributed by atoms with van der Waals surface area (Å²) >= 11 is 6.09. The smallest absolute Gasteiger partial charge is 0.260 e. The fourth-order valence-electron chi connectivity index (χ4n) is 1.92. The van der Waals surface area contributed by atoms with Crippen LogP contribution in [0.1, 0.15) is 38.8 Å². The minimum atomic E-state index is 0.0711. The van der Waals surface area contributed by atoms with Crippen molar-refractivity contribution in [1.29, 1.82) is 0 Å². The van der Waals surface area contributed by atoms with Gasteiger partial charge in [0.15, 0.2) is 0 Å². The van der Waals surface area contributed by atoms with Gasteiger partial charge in [0, 0.05) is 24.3 Å². The number of benzene rings is 1. The predicted molar refractivity (Wildman–Crippen MR) is 97.8 cm³/mol. The highest BCUT2D eigenvalue weighted by Crippen LogP contribution is 2.26. The Bertz CT molecular complexity index is 578. The molecule has 1 aromatic heterocycles. The molecule has 1 aromatic carbocycles. The normalized spacial score (nSPS) is 10.6. The minimum Gasteiger partial charge on any atom is -0.493 e. The molecular weight excluding hydrogens is 318 g/mol. The molecule has 0 radical (unpaired) electrons. The van der Waals surface area contributed by atoms with E-state index in [-0.39, 0.29) is 5.56 Å². The molecule has 0 unspecified atom stereocenters. The van der Waals surface area contributed by atoms with Crippen molar-refractivity contribution in [2.75, 3.05) is 13.0 Å². The molecule has 2 aromatic rings. The summed E-state index contributed by atoms with van der Waals surface area (Å²) in [4.78, 5) is 11.4. The van der Waals surface area contributed by atoms with Gasteiger partial charge in [0.05, 0.1) is 13.2 Å². The maximum Gasteiger partial charge on any atom is 0.260 e. The molecule has 5 heteroatoms. The van der Waals surface area contributed by atoms with Gasteiger partial charge >= 0.3 is 0 Å². The maximum absolute atomic E-state index is 11.4. The minimum absolute atomic E-state index is 0.0711. The molecule has 0 fully saturated rings. The van der Waals surface area contributed by atoms with Gasteiger partial charge in [-0.15, -0.1) is 11.6 Å². The van der Waals surface area contributed by atoms with Gasteiger partial charge in [0.2, 0.25) is 0 Å². The maximum atomic E-state index is 11.4. The highest BCUT2D eigenvalue weighted by atomic mass is 35.5. The van der Waals surface area contributed by atoms with Gasteiger partial charge in [-0.3, -0.25) is 8.75 Å². The number of aromatic nitrogens is 1. The van der Waals surface area contributed by atoms with Gasteiger partial charge in [-0.1, -0.05) is 51.4 Å². The summed E-state index contributed by atoms with van der Waals surface area (Å²) in [6.45, 7) is 9.43. The number of alkyl halides is 1. The second-order valence-electron chi connectivity index (χ2n) is 3.82. The van der Waals surface area contributed by atoms with Gasteiger partial charge in [-0.2, -0.15) is 0 Å². The summed E-state index contributed by atoms with van der Waals surface area (Å²) in [7, 11) is 0. The van der Waals surface area contributed by atoms with Gasteiger partial charge in [0.1, 0.15) is 5.75 Å². The number of hydrogen-bond donors (Lipinski definition) is 0. The standard InChI is InChI=1S/C12H11NO2S.2C2H6.CH3Cl/c14-12-4-6-16-13(12)8-9-1-2-11-10(7-9)3-5-15-11;3*1-2/h1-2,4,6-7H,3,5,8H2;2*1-2H3;1H3. The van der Waals surface area contributed by atoms with E-state index in [9.17, 15) is 4.79 Å². The van der Waals surface area contributed by atoms with Crippen LogP contribution in [0.5, 0.6) is 5.75 Å². The lowest BCUT2D eigenvalue weighted by atomic mass is 10.1. The average molecular weight is 344 g/mol. The molecule has 0 saturated carbocycles. The number of nitrogens with zero attached hydrogens (tertiary/aromatic N) is 1. The van der Waals surface area contributed by atoms with Crippen molar-refractivity contribution in [1.82, 2.24) is 3.96 Å². The molecule has 2 heterocycles. The van der Waals surface area contributed by atoms with Crippen LogP contribution in [0.4, 0.5) is 0 Å². The van der Waals surface area contributed by atoms with Crippen LogP contribution in [0.25, 0.3) is 0 Å². The number of fused-ring (bicyclic) bond motifs is 1. The molecule has 0 bridgehead atoms. The largest absolute Gasteiger partial charge is 0.493 e. The average Bonchev–Trinajstić information content (AvgIpc) is 3.22. The van der Waals surface area contributed by atoms with Crippen molar-refractivity contribution in [3.8, 4) is 5.75 Å². The number of ether oxygens (including phenoxy) is 1. The van der Waals surface area contributed by atoms with Crippen LogP contribution in [0.2, 0.25) is 0 Å². The first-order chi connectivity index (χ1) is 10.8. The molecule has 0 amide bonds.